The molecule has 2 aromatic heterocycles. The van der Waals surface area contributed by atoms with E-state index in [1.807, 2.05) is 38.4 Å². The number of methoxy groups -OCH3 is 1. The predicted octanol–water partition coefficient (Wildman–Crippen LogP) is 2.82. The van der Waals surface area contributed by atoms with Crippen LogP contribution >= 0.6 is 11.3 Å². The van der Waals surface area contributed by atoms with Crippen molar-refractivity contribution >= 4 is 29.3 Å². The number of thiophene rings is 1. The molecule has 0 radical (unpaired) electrons. The molecule has 5 nitrogen and oxygen atoms in total. The second kappa shape index (κ2) is 6.29. The van der Waals surface area contributed by atoms with Crippen molar-refractivity contribution in [1.82, 2.24) is 9.88 Å². The van der Waals surface area contributed by atoms with Gasteiger partial charge >= 0.3 is 5.97 Å². The second-order valence-corrected chi connectivity index (χ2v) is 5.29. The summed E-state index contributed by atoms with van der Waals surface area (Å²) in [5.41, 5.74) is 1.41. The number of aromatic nitrogens is 1. The maximum Gasteiger partial charge on any atom is 0.350 e. The molecule has 2 rings (SSSR count). The molecule has 6 heteroatoms. The van der Waals surface area contributed by atoms with Crippen LogP contribution in [-0.4, -0.2) is 43.4 Å². The van der Waals surface area contributed by atoms with E-state index in [2.05, 4.69) is 9.98 Å². The maximum atomic E-state index is 11.8. The van der Waals surface area contributed by atoms with Crippen LogP contribution in [0.4, 0.5) is 5.69 Å². The summed E-state index contributed by atoms with van der Waals surface area (Å²) in [6.45, 7) is 0. The third-order valence-corrected chi connectivity index (χ3v) is 3.56. The summed E-state index contributed by atoms with van der Waals surface area (Å²) in [5, 5.41) is 0. The summed E-state index contributed by atoms with van der Waals surface area (Å²) < 4.78 is 4.80. The summed E-state index contributed by atoms with van der Waals surface area (Å²) in [6, 6.07) is 7.50. The van der Waals surface area contributed by atoms with Gasteiger partial charge in [-0.15, -0.1) is 11.3 Å². The van der Waals surface area contributed by atoms with Gasteiger partial charge in [0.05, 0.1) is 29.7 Å². The highest BCUT2D eigenvalue weighted by Crippen LogP contribution is 2.35. The average Bonchev–Trinajstić information content (AvgIpc) is 2.89. The van der Waals surface area contributed by atoms with E-state index in [4.69, 9.17) is 4.74 Å². The third-order valence-electron chi connectivity index (χ3n) is 2.43. The van der Waals surface area contributed by atoms with Crippen LogP contribution in [0.15, 0.2) is 35.5 Å². The van der Waals surface area contributed by atoms with E-state index in [1.165, 1.54) is 18.4 Å². The molecule has 2 aromatic rings. The van der Waals surface area contributed by atoms with E-state index in [9.17, 15) is 4.79 Å². The van der Waals surface area contributed by atoms with Gasteiger partial charge in [-0.05, 0) is 18.2 Å². The summed E-state index contributed by atoms with van der Waals surface area (Å²) in [6.07, 6.45) is 3.37. The number of hydrogen-bond acceptors (Lipinski definition) is 5. The topological polar surface area (TPSA) is 54.8 Å². The number of carbonyl (C=O) groups is 1. The lowest BCUT2D eigenvalue weighted by Crippen LogP contribution is -2.07. The van der Waals surface area contributed by atoms with Gasteiger partial charge in [-0.3, -0.25) is 4.98 Å². The van der Waals surface area contributed by atoms with Crippen LogP contribution in [0.2, 0.25) is 0 Å². The molecule has 0 saturated carbocycles. The first-order valence-electron chi connectivity index (χ1n) is 5.96. The molecule has 0 N–H and O–H groups in total. The molecule has 2 heterocycles. The Morgan fingerprint density at radius 3 is 2.85 bits per heavy atom. The van der Waals surface area contributed by atoms with Crippen LogP contribution in [0.5, 0.6) is 0 Å². The Hall–Kier alpha value is -2.21. The fourth-order valence-electron chi connectivity index (χ4n) is 1.53. The fourth-order valence-corrected chi connectivity index (χ4v) is 2.53. The Labute approximate surface area is 121 Å². The van der Waals surface area contributed by atoms with Crippen molar-refractivity contribution in [2.45, 2.75) is 0 Å². The van der Waals surface area contributed by atoms with Gasteiger partial charge in [0, 0.05) is 20.3 Å². The Morgan fingerprint density at radius 1 is 1.45 bits per heavy atom. The molecule has 0 aliphatic carbocycles. The third kappa shape index (κ3) is 3.21. The van der Waals surface area contributed by atoms with Gasteiger partial charge in [0.15, 0.2) is 0 Å². The Balaban J connectivity index is 2.44. The van der Waals surface area contributed by atoms with Crippen molar-refractivity contribution in [1.29, 1.82) is 0 Å². The summed E-state index contributed by atoms with van der Waals surface area (Å²) in [5.74, 6) is -0.386. The number of esters is 1. The molecule has 0 spiro atoms. The Morgan fingerprint density at radius 2 is 2.25 bits per heavy atom. The van der Waals surface area contributed by atoms with Crippen LogP contribution in [-0.2, 0) is 4.74 Å². The molecule has 0 unspecified atom stereocenters. The quantitative estimate of drug-likeness (QED) is 0.493. The molecule has 0 amide bonds. The highest BCUT2D eigenvalue weighted by Gasteiger charge is 2.17. The van der Waals surface area contributed by atoms with E-state index in [0.717, 1.165) is 10.6 Å². The van der Waals surface area contributed by atoms with Gasteiger partial charge in [-0.2, -0.15) is 0 Å². The van der Waals surface area contributed by atoms with Crippen LogP contribution in [0.1, 0.15) is 9.67 Å². The molecule has 104 valence electrons. The number of carbonyl (C=O) groups excluding carboxylic acids is 1. The normalized spacial score (nSPS) is 10.8. The molecule has 0 atom stereocenters. The van der Waals surface area contributed by atoms with Gasteiger partial charge < -0.3 is 9.64 Å². The Kier molecular flexibility index (Phi) is 4.47. The van der Waals surface area contributed by atoms with Crippen LogP contribution < -0.4 is 0 Å². The molecule has 0 aliphatic rings. The highest BCUT2D eigenvalue weighted by atomic mass is 32.1. The largest absolute Gasteiger partial charge is 0.465 e. The maximum absolute atomic E-state index is 11.8. The standard InChI is InChI=1S/C14H15N3O2S/c1-17(2)9-16-11-8-12(10-6-4-5-7-15-10)20-13(11)14(18)19-3/h4-9H,1-3H3/b16-9+. The SMILES string of the molecule is COC(=O)c1sc(-c2ccccn2)cc1/N=C/N(C)C. The number of aliphatic imine (C=N–C) groups is 1. The lowest BCUT2D eigenvalue weighted by Gasteiger charge is -2.02. The molecule has 20 heavy (non-hydrogen) atoms. The minimum Gasteiger partial charge on any atom is -0.465 e. The molecular weight excluding hydrogens is 274 g/mol. The second-order valence-electron chi connectivity index (χ2n) is 4.24. The van der Waals surface area contributed by atoms with Gasteiger partial charge in [0.1, 0.15) is 4.88 Å². The summed E-state index contributed by atoms with van der Waals surface area (Å²) in [7, 11) is 5.10. The first kappa shape index (κ1) is 14.2. The summed E-state index contributed by atoms with van der Waals surface area (Å²) >= 11 is 1.33. The zero-order chi connectivity index (χ0) is 14.5. The Bertz CT molecular complexity index is 621. The van der Waals surface area contributed by atoms with Crippen molar-refractivity contribution in [3.63, 3.8) is 0 Å². The molecule has 0 fully saturated rings. The minimum atomic E-state index is -0.386. The predicted molar refractivity (Wildman–Crippen MR) is 80.7 cm³/mol. The zero-order valence-corrected chi connectivity index (χ0v) is 12.3. The fraction of sp³-hybridized carbons (Fsp3) is 0.214. The lowest BCUT2D eigenvalue weighted by molar-refractivity contribution is 0.0607. The number of ether oxygens (including phenoxy) is 1. The average molecular weight is 289 g/mol. The molecule has 0 aliphatic heterocycles. The minimum absolute atomic E-state index is 0.386. The number of nitrogens with zero attached hydrogens (tertiary/aromatic N) is 3. The van der Waals surface area contributed by atoms with Crippen LogP contribution in [0.3, 0.4) is 0 Å². The number of pyridine rings is 1. The van der Waals surface area contributed by atoms with E-state index in [-0.39, 0.29) is 5.97 Å². The lowest BCUT2D eigenvalue weighted by atomic mass is 10.3. The van der Waals surface area contributed by atoms with Crippen LogP contribution in [0.25, 0.3) is 10.6 Å². The van der Waals surface area contributed by atoms with Gasteiger partial charge in [-0.25, -0.2) is 9.79 Å². The van der Waals surface area contributed by atoms with Crippen LogP contribution in [0, 0.1) is 0 Å². The van der Waals surface area contributed by atoms with Crippen molar-refractivity contribution in [3.05, 3.63) is 35.3 Å². The number of hydrogen-bond donors (Lipinski definition) is 0. The van der Waals surface area contributed by atoms with Crippen molar-refractivity contribution < 1.29 is 9.53 Å². The first-order chi connectivity index (χ1) is 9.61. The monoisotopic (exact) mass is 289 g/mol. The molecule has 0 aromatic carbocycles. The van der Waals surface area contributed by atoms with Gasteiger partial charge in [-0.1, -0.05) is 6.07 Å². The number of rotatable bonds is 4. The van der Waals surface area contributed by atoms with E-state index < -0.39 is 0 Å². The molecule has 0 saturated heterocycles. The molecular formula is C14H15N3O2S. The van der Waals surface area contributed by atoms with E-state index in [1.54, 1.807) is 17.4 Å². The smallest absolute Gasteiger partial charge is 0.350 e. The highest BCUT2D eigenvalue weighted by molar-refractivity contribution is 7.17. The van der Waals surface area contributed by atoms with Crippen molar-refractivity contribution in [2.24, 2.45) is 4.99 Å². The zero-order valence-electron chi connectivity index (χ0n) is 11.5. The molecule has 0 bridgehead atoms. The van der Waals surface area contributed by atoms with Gasteiger partial charge in [0.25, 0.3) is 0 Å². The van der Waals surface area contributed by atoms with Crippen molar-refractivity contribution in [3.8, 4) is 10.6 Å². The summed E-state index contributed by atoms with van der Waals surface area (Å²) in [4.78, 5) is 23.6. The van der Waals surface area contributed by atoms with Crippen molar-refractivity contribution in [2.75, 3.05) is 21.2 Å². The van der Waals surface area contributed by atoms with Gasteiger partial charge in [0.2, 0.25) is 0 Å². The first-order valence-corrected chi connectivity index (χ1v) is 6.77. The van der Waals surface area contributed by atoms with E-state index in [0.29, 0.717) is 10.6 Å². The van der Waals surface area contributed by atoms with E-state index >= 15 is 0 Å².